The van der Waals surface area contributed by atoms with Crippen LogP contribution in [0.4, 0.5) is 0 Å². The molecule has 2 rings (SSSR count). The number of H-pyrrole nitrogens is 1. The Morgan fingerprint density at radius 1 is 1.30 bits per heavy atom. The smallest absolute Gasteiger partial charge is 0.184 e. The van der Waals surface area contributed by atoms with Crippen molar-refractivity contribution in [2.45, 2.75) is 0 Å². The van der Waals surface area contributed by atoms with Crippen molar-refractivity contribution in [3.8, 4) is 11.5 Å². The molecule has 0 atom stereocenters. The van der Waals surface area contributed by atoms with Crippen LogP contribution in [0, 0.1) is 0 Å². The highest BCUT2D eigenvalue weighted by Gasteiger charge is 1.99. The molecule has 50 valence electrons. The standard InChI is InChI=1S/C6H5N3O/c1-3-7-9-5(1)6-2-4-8-10-6/h1-4H,(H,7,9). The molecule has 0 bridgehead atoms. The molecule has 10 heavy (non-hydrogen) atoms. The fourth-order valence-electron chi connectivity index (χ4n) is 0.748. The van der Waals surface area contributed by atoms with Gasteiger partial charge in [0.2, 0.25) is 0 Å². The Balaban J connectivity index is 2.48. The Bertz CT molecular complexity index is 252. The van der Waals surface area contributed by atoms with Gasteiger partial charge in [0.05, 0.1) is 6.20 Å². The van der Waals surface area contributed by atoms with Crippen LogP contribution >= 0.6 is 0 Å². The zero-order chi connectivity index (χ0) is 6.81. The number of aromatic nitrogens is 3. The lowest BCUT2D eigenvalue weighted by Gasteiger charge is -1.82. The SMILES string of the molecule is c1cc(-c2ccno2)[nH]n1. The Kier molecular flexibility index (Phi) is 1.04. The van der Waals surface area contributed by atoms with Crippen LogP contribution in [0.5, 0.6) is 0 Å². The summed E-state index contributed by atoms with van der Waals surface area (Å²) in [5.74, 6) is 0.706. The minimum absolute atomic E-state index is 0.706. The third kappa shape index (κ3) is 0.699. The van der Waals surface area contributed by atoms with Gasteiger partial charge in [0, 0.05) is 12.3 Å². The van der Waals surface area contributed by atoms with E-state index in [1.165, 1.54) is 0 Å². The van der Waals surface area contributed by atoms with Gasteiger partial charge in [-0.05, 0) is 6.07 Å². The van der Waals surface area contributed by atoms with Gasteiger partial charge in [-0.25, -0.2) is 0 Å². The number of hydrogen-bond acceptors (Lipinski definition) is 3. The molecule has 2 heterocycles. The van der Waals surface area contributed by atoms with Crippen molar-refractivity contribution in [3.05, 3.63) is 24.5 Å². The van der Waals surface area contributed by atoms with Gasteiger partial charge in [-0.3, -0.25) is 5.10 Å². The van der Waals surface area contributed by atoms with Gasteiger partial charge in [0.15, 0.2) is 5.76 Å². The summed E-state index contributed by atoms with van der Waals surface area (Å²) in [6.07, 6.45) is 3.26. The van der Waals surface area contributed by atoms with Gasteiger partial charge in [-0.15, -0.1) is 0 Å². The molecular formula is C6H5N3O. The van der Waals surface area contributed by atoms with E-state index < -0.39 is 0 Å². The number of nitrogens with one attached hydrogen (secondary N) is 1. The number of nitrogens with zero attached hydrogens (tertiary/aromatic N) is 2. The first-order valence-electron chi connectivity index (χ1n) is 2.87. The third-order valence-electron chi connectivity index (χ3n) is 1.20. The number of hydrogen-bond donors (Lipinski definition) is 1. The second-order valence-electron chi connectivity index (χ2n) is 1.85. The highest BCUT2D eigenvalue weighted by atomic mass is 16.5. The van der Waals surface area contributed by atoms with Crippen LogP contribution in [0.15, 0.2) is 29.0 Å². The fraction of sp³-hybridized carbons (Fsp3) is 0. The van der Waals surface area contributed by atoms with E-state index >= 15 is 0 Å². The van der Waals surface area contributed by atoms with E-state index in [-0.39, 0.29) is 0 Å². The van der Waals surface area contributed by atoms with E-state index in [4.69, 9.17) is 4.52 Å². The van der Waals surface area contributed by atoms with Crippen molar-refractivity contribution in [2.75, 3.05) is 0 Å². The average molecular weight is 135 g/mol. The monoisotopic (exact) mass is 135 g/mol. The first-order chi connectivity index (χ1) is 4.97. The fourth-order valence-corrected chi connectivity index (χ4v) is 0.748. The Hall–Kier alpha value is -1.58. The Morgan fingerprint density at radius 3 is 2.90 bits per heavy atom. The molecule has 0 spiro atoms. The molecule has 0 amide bonds. The van der Waals surface area contributed by atoms with Crippen molar-refractivity contribution < 1.29 is 4.52 Å². The largest absolute Gasteiger partial charge is 0.355 e. The van der Waals surface area contributed by atoms with Crippen LogP contribution in [-0.4, -0.2) is 15.4 Å². The first-order valence-corrected chi connectivity index (χ1v) is 2.87. The molecule has 0 aliphatic heterocycles. The molecule has 2 aromatic heterocycles. The minimum Gasteiger partial charge on any atom is -0.355 e. The van der Waals surface area contributed by atoms with Crippen molar-refractivity contribution in [1.29, 1.82) is 0 Å². The van der Waals surface area contributed by atoms with E-state index in [1.807, 2.05) is 6.07 Å². The topological polar surface area (TPSA) is 54.7 Å². The van der Waals surface area contributed by atoms with Gasteiger partial charge in [0.1, 0.15) is 5.69 Å². The lowest BCUT2D eigenvalue weighted by Crippen LogP contribution is -1.71. The van der Waals surface area contributed by atoms with Gasteiger partial charge in [-0.2, -0.15) is 5.10 Å². The zero-order valence-corrected chi connectivity index (χ0v) is 5.11. The highest BCUT2D eigenvalue weighted by molar-refractivity contribution is 5.49. The molecule has 0 aliphatic carbocycles. The van der Waals surface area contributed by atoms with E-state index in [0.29, 0.717) is 5.76 Å². The molecule has 4 nitrogen and oxygen atoms in total. The molecule has 0 radical (unpaired) electrons. The van der Waals surface area contributed by atoms with Gasteiger partial charge in [0.25, 0.3) is 0 Å². The van der Waals surface area contributed by atoms with Crippen LogP contribution in [-0.2, 0) is 0 Å². The summed E-state index contributed by atoms with van der Waals surface area (Å²) >= 11 is 0. The van der Waals surface area contributed by atoms with E-state index in [2.05, 4.69) is 15.4 Å². The third-order valence-corrected chi connectivity index (χ3v) is 1.20. The van der Waals surface area contributed by atoms with Gasteiger partial charge >= 0.3 is 0 Å². The van der Waals surface area contributed by atoms with Gasteiger partial charge < -0.3 is 4.52 Å². The lowest BCUT2D eigenvalue weighted by atomic mass is 10.3. The highest BCUT2D eigenvalue weighted by Crippen LogP contribution is 2.13. The van der Waals surface area contributed by atoms with Crippen molar-refractivity contribution in [3.63, 3.8) is 0 Å². The first kappa shape index (κ1) is 5.22. The van der Waals surface area contributed by atoms with Crippen LogP contribution < -0.4 is 0 Å². The maximum Gasteiger partial charge on any atom is 0.184 e. The molecule has 4 heteroatoms. The van der Waals surface area contributed by atoms with Crippen LogP contribution in [0.2, 0.25) is 0 Å². The second kappa shape index (κ2) is 1.98. The van der Waals surface area contributed by atoms with Crippen LogP contribution in [0.1, 0.15) is 0 Å². The van der Waals surface area contributed by atoms with E-state index in [1.54, 1.807) is 18.5 Å². The molecule has 0 saturated heterocycles. The van der Waals surface area contributed by atoms with Crippen molar-refractivity contribution >= 4 is 0 Å². The van der Waals surface area contributed by atoms with Crippen LogP contribution in [0.3, 0.4) is 0 Å². The Labute approximate surface area is 56.9 Å². The minimum atomic E-state index is 0.706. The molecule has 0 unspecified atom stereocenters. The Morgan fingerprint density at radius 2 is 2.30 bits per heavy atom. The maximum atomic E-state index is 4.86. The molecule has 2 aromatic rings. The van der Waals surface area contributed by atoms with Crippen molar-refractivity contribution in [1.82, 2.24) is 15.4 Å². The number of rotatable bonds is 1. The van der Waals surface area contributed by atoms with Gasteiger partial charge in [-0.1, -0.05) is 5.16 Å². The summed E-state index contributed by atoms with van der Waals surface area (Å²) in [5, 5.41) is 10.1. The van der Waals surface area contributed by atoms with E-state index in [9.17, 15) is 0 Å². The molecule has 0 saturated carbocycles. The zero-order valence-electron chi connectivity index (χ0n) is 5.11. The number of aromatic amines is 1. The second-order valence-corrected chi connectivity index (χ2v) is 1.85. The molecular weight excluding hydrogens is 130 g/mol. The molecule has 0 fully saturated rings. The summed E-state index contributed by atoms with van der Waals surface area (Å²) in [6.45, 7) is 0. The van der Waals surface area contributed by atoms with Crippen molar-refractivity contribution in [2.24, 2.45) is 0 Å². The lowest BCUT2D eigenvalue weighted by molar-refractivity contribution is 0.431. The predicted molar refractivity (Wildman–Crippen MR) is 34.1 cm³/mol. The predicted octanol–water partition coefficient (Wildman–Crippen LogP) is 1.06. The maximum absolute atomic E-state index is 4.86. The van der Waals surface area contributed by atoms with Crippen LogP contribution in [0.25, 0.3) is 11.5 Å². The summed E-state index contributed by atoms with van der Waals surface area (Å²) in [4.78, 5) is 0. The molecule has 1 N–H and O–H groups in total. The quantitative estimate of drug-likeness (QED) is 0.636. The average Bonchev–Trinajstić information content (AvgIpc) is 2.59. The molecule has 0 aliphatic rings. The molecule has 0 aromatic carbocycles. The normalized spacial score (nSPS) is 10.0. The summed E-state index contributed by atoms with van der Waals surface area (Å²) in [5.41, 5.74) is 0.845. The summed E-state index contributed by atoms with van der Waals surface area (Å²) in [6, 6.07) is 3.59. The van der Waals surface area contributed by atoms with E-state index in [0.717, 1.165) is 5.69 Å². The summed E-state index contributed by atoms with van der Waals surface area (Å²) in [7, 11) is 0. The summed E-state index contributed by atoms with van der Waals surface area (Å²) < 4.78 is 4.86.